The van der Waals surface area contributed by atoms with Crippen molar-refractivity contribution in [3.8, 4) is 0 Å². The summed E-state index contributed by atoms with van der Waals surface area (Å²) in [7, 11) is 0. The van der Waals surface area contributed by atoms with Crippen LogP contribution in [0.1, 0.15) is 47.0 Å². The van der Waals surface area contributed by atoms with Gasteiger partial charge in [-0.25, -0.2) is 0 Å². The fourth-order valence-electron chi connectivity index (χ4n) is 2.54. The van der Waals surface area contributed by atoms with Gasteiger partial charge in [0.25, 0.3) is 0 Å². The zero-order valence-corrected chi connectivity index (χ0v) is 16.0. The van der Waals surface area contributed by atoms with Crippen molar-refractivity contribution in [2.24, 2.45) is 5.92 Å². The molecule has 7 nitrogen and oxygen atoms in total. The molecule has 7 heteroatoms. The number of hydrogen-bond donors (Lipinski definition) is 6. The molecule has 0 amide bonds. The molecular formula is C19H34O7. The molecule has 0 aromatic rings. The maximum Gasteiger partial charge on any atom is 0.135 e. The van der Waals surface area contributed by atoms with Gasteiger partial charge in [-0.3, -0.25) is 4.79 Å². The molecule has 0 aliphatic heterocycles. The second-order valence-electron chi connectivity index (χ2n) is 7.04. The minimum Gasteiger partial charge on any atom is -0.394 e. The second kappa shape index (κ2) is 12.3. The molecule has 0 saturated carbocycles. The second-order valence-corrected chi connectivity index (χ2v) is 7.04. The highest BCUT2D eigenvalue weighted by molar-refractivity contribution is 5.79. The van der Waals surface area contributed by atoms with Crippen molar-refractivity contribution in [3.05, 3.63) is 23.3 Å². The average molecular weight is 374 g/mol. The monoisotopic (exact) mass is 374 g/mol. The lowest BCUT2D eigenvalue weighted by Gasteiger charge is -2.31. The van der Waals surface area contributed by atoms with Crippen LogP contribution in [-0.4, -0.2) is 73.5 Å². The van der Waals surface area contributed by atoms with Gasteiger partial charge in [0.15, 0.2) is 0 Å². The minimum absolute atomic E-state index is 0.180. The van der Waals surface area contributed by atoms with E-state index in [1.807, 2.05) is 26.8 Å². The predicted molar refractivity (Wildman–Crippen MR) is 98.3 cm³/mol. The lowest BCUT2D eigenvalue weighted by atomic mass is 9.86. The normalized spacial score (nSPS) is 19.2. The van der Waals surface area contributed by atoms with E-state index in [1.165, 1.54) is 12.5 Å². The number of ketones is 1. The van der Waals surface area contributed by atoms with Crippen molar-refractivity contribution in [2.75, 3.05) is 6.61 Å². The average Bonchev–Trinajstić information content (AvgIpc) is 2.58. The lowest BCUT2D eigenvalue weighted by molar-refractivity contribution is -0.154. The van der Waals surface area contributed by atoms with Crippen LogP contribution >= 0.6 is 0 Å². The standard InChI is InChI=1S/C19H34O7/c1-11(2)6-5-7-12(3)8-9-14(13(4)21)16(23)18(25)19(26)17(24)15(22)10-20/h6,8,14-20,22-26H,5,7,9-10H2,1-4H3/b12-8+/t14?,15-,16?,17-,18+,19+/m1/s1. The van der Waals surface area contributed by atoms with Crippen LogP contribution in [0.15, 0.2) is 23.3 Å². The Morgan fingerprint density at radius 1 is 0.846 bits per heavy atom. The maximum absolute atomic E-state index is 11.8. The number of hydrogen-bond acceptors (Lipinski definition) is 7. The van der Waals surface area contributed by atoms with E-state index in [0.717, 1.165) is 18.4 Å². The lowest BCUT2D eigenvalue weighted by Crippen LogP contribution is -2.52. The maximum atomic E-state index is 11.8. The molecule has 2 unspecified atom stereocenters. The van der Waals surface area contributed by atoms with Crippen LogP contribution in [0.4, 0.5) is 0 Å². The third kappa shape index (κ3) is 8.53. The van der Waals surface area contributed by atoms with E-state index in [4.69, 9.17) is 5.11 Å². The van der Waals surface area contributed by atoms with E-state index in [-0.39, 0.29) is 12.2 Å². The van der Waals surface area contributed by atoms with Gasteiger partial charge in [-0.05, 0) is 47.0 Å². The Bertz CT molecular complexity index is 482. The molecule has 0 aromatic heterocycles. The molecule has 152 valence electrons. The molecule has 26 heavy (non-hydrogen) atoms. The Hall–Kier alpha value is -1.09. The van der Waals surface area contributed by atoms with E-state index >= 15 is 0 Å². The van der Waals surface area contributed by atoms with Crippen molar-refractivity contribution < 1.29 is 35.4 Å². The Balaban J connectivity index is 4.96. The van der Waals surface area contributed by atoms with Crippen molar-refractivity contribution in [1.82, 2.24) is 0 Å². The van der Waals surface area contributed by atoms with Crippen molar-refractivity contribution in [3.63, 3.8) is 0 Å². The molecule has 0 spiro atoms. The zero-order chi connectivity index (χ0) is 20.4. The van der Waals surface area contributed by atoms with Crippen LogP contribution in [0.5, 0.6) is 0 Å². The van der Waals surface area contributed by atoms with Crippen LogP contribution < -0.4 is 0 Å². The smallest absolute Gasteiger partial charge is 0.135 e. The topological polar surface area (TPSA) is 138 Å². The van der Waals surface area contributed by atoms with E-state index in [9.17, 15) is 30.3 Å². The first-order chi connectivity index (χ1) is 12.0. The molecular weight excluding hydrogens is 340 g/mol. The van der Waals surface area contributed by atoms with Gasteiger partial charge >= 0.3 is 0 Å². The van der Waals surface area contributed by atoms with Gasteiger partial charge in [-0.2, -0.15) is 0 Å². The Labute approximate surface area is 155 Å². The summed E-state index contributed by atoms with van der Waals surface area (Å²) in [6.45, 7) is 6.39. The summed E-state index contributed by atoms with van der Waals surface area (Å²) < 4.78 is 0. The Kier molecular flexibility index (Phi) is 11.8. The first-order valence-electron chi connectivity index (χ1n) is 8.83. The summed E-state index contributed by atoms with van der Waals surface area (Å²) in [5, 5.41) is 58.0. The van der Waals surface area contributed by atoms with Crippen LogP contribution in [0.25, 0.3) is 0 Å². The highest BCUT2D eigenvalue weighted by Crippen LogP contribution is 2.20. The first kappa shape index (κ1) is 24.9. The summed E-state index contributed by atoms with van der Waals surface area (Å²) in [4.78, 5) is 11.8. The Morgan fingerprint density at radius 2 is 1.38 bits per heavy atom. The Morgan fingerprint density at radius 3 is 1.85 bits per heavy atom. The number of allylic oxidation sites excluding steroid dienone is 4. The largest absolute Gasteiger partial charge is 0.394 e. The molecule has 6 atom stereocenters. The highest BCUT2D eigenvalue weighted by atomic mass is 16.4. The van der Waals surface area contributed by atoms with Crippen LogP contribution in [0.2, 0.25) is 0 Å². The molecule has 0 heterocycles. The third-order valence-electron chi connectivity index (χ3n) is 4.38. The molecule has 0 aromatic carbocycles. The first-order valence-corrected chi connectivity index (χ1v) is 8.83. The van der Waals surface area contributed by atoms with E-state index in [1.54, 1.807) is 0 Å². The van der Waals surface area contributed by atoms with Gasteiger partial charge in [0.2, 0.25) is 0 Å². The number of aliphatic hydroxyl groups excluding tert-OH is 6. The van der Waals surface area contributed by atoms with E-state index in [2.05, 4.69) is 6.08 Å². The number of carbonyl (C=O) groups excluding carboxylic acids is 1. The molecule has 0 aliphatic rings. The van der Waals surface area contributed by atoms with Crippen molar-refractivity contribution in [1.29, 1.82) is 0 Å². The number of carbonyl (C=O) groups is 1. The van der Waals surface area contributed by atoms with E-state index < -0.39 is 43.0 Å². The fourth-order valence-corrected chi connectivity index (χ4v) is 2.54. The van der Waals surface area contributed by atoms with Gasteiger partial charge in [0.05, 0.1) is 12.7 Å². The van der Waals surface area contributed by atoms with Crippen molar-refractivity contribution >= 4 is 5.78 Å². The van der Waals surface area contributed by atoms with Gasteiger partial charge in [-0.15, -0.1) is 0 Å². The van der Waals surface area contributed by atoms with Crippen LogP contribution in [-0.2, 0) is 4.79 Å². The number of aliphatic hydroxyl groups is 6. The van der Waals surface area contributed by atoms with Crippen LogP contribution in [0, 0.1) is 5.92 Å². The van der Waals surface area contributed by atoms with Crippen LogP contribution in [0.3, 0.4) is 0 Å². The molecule has 0 rings (SSSR count). The summed E-state index contributed by atoms with van der Waals surface area (Å²) in [6, 6.07) is 0. The number of Topliss-reactive ketones (excluding diaryl/α,β-unsaturated/α-hetero) is 1. The number of rotatable bonds is 12. The summed E-state index contributed by atoms with van der Waals surface area (Å²) in [6.07, 6.45) is -3.13. The zero-order valence-electron chi connectivity index (χ0n) is 16.0. The van der Waals surface area contributed by atoms with Gasteiger partial charge in [-0.1, -0.05) is 23.3 Å². The summed E-state index contributed by atoms with van der Waals surface area (Å²) in [5.74, 6) is -1.33. The molecule has 0 saturated heterocycles. The predicted octanol–water partition coefficient (Wildman–Crippen LogP) is 0.0712. The quantitative estimate of drug-likeness (QED) is 0.266. The summed E-state index contributed by atoms with van der Waals surface area (Å²) >= 11 is 0. The SMILES string of the molecule is CC(=O)C(C/C=C(\C)CCC=C(C)C)C(O)[C@H](O)[C@@H](O)[C@H](O)[C@H](O)CO. The molecule has 0 aliphatic carbocycles. The van der Waals surface area contributed by atoms with Crippen molar-refractivity contribution in [2.45, 2.75) is 77.5 Å². The van der Waals surface area contributed by atoms with Gasteiger partial charge in [0, 0.05) is 5.92 Å². The van der Waals surface area contributed by atoms with E-state index in [0.29, 0.717) is 0 Å². The third-order valence-corrected chi connectivity index (χ3v) is 4.38. The molecule has 0 radical (unpaired) electrons. The molecule has 0 bridgehead atoms. The molecule has 6 N–H and O–H groups in total. The highest BCUT2D eigenvalue weighted by Gasteiger charge is 2.38. The van der Waals surface area contributed by atoms with Gasteiger partial charge < -0.3 is 30.6 Å². The van der Waals surface area contributed by atoms with Gasteiger partial charge in [0.1, 0.15) is 30.2 Å². The molecule has 0 fully saturated rings. The minimum atomic E-state index is -1.91. The fraction of sp³-hybridized carbons (Fsp3) is 0.737. The summed E-state index contributed by atoms with van der Waals surface area (Å²) in [5.41, 5.74) is 2.25.